The Balaban J connectivity index is 2.59. The number of para-hydroxylation sites is 1. The zero-order chi connectivity index (χ0) is 13.5. The number of benzene rings is 1. The third kappa shape index (κ3) is 4.31. The van der Waals surface area contributed by atoms with Crippen molar-refractivity contribution in [2.24, 2.45) is 0 Å². The van der Waals surface area contributed by atoms with Crippen LogP contribution in [0.5, 0.6) is 5.75 Å². The van der Waals surface area contributed by atoms with Crippen LogP contribution in [0.15, 0.2) is 22.7 Å². The molecule has 4 nitrogen and oxygen atoms in total. The van der Waals surface area contributed by atoms with E-state index in [1.54, 1.807) is 12.1 Å². The smallest absolute Gasteiger partial charge is 0.339 e. The van der Waals surface area contributed by atoms with E-state index in [9.17, 15) is 9.90 Å². The number of rotatable bonds is 7. The lowest BCUT2D eigenvalue weighted by atomic mass is 10.1. The van der Waals surface area contributed by atoms with E-state index in [0.717, 1.165) is 6.42 Å². The summed E-state index contributed by atoms with van der Waals surface area (Å²) >= 11 is 3.27. The van der Waals surface area contributed by atoms with E-state index in [4.69, 9.17) is 9.84 Å². The van der Waals surface area contributed by atoms with Crippen LogP contribution in [0.3, 0.4) is 0 Å². The maximum atomic E-state index is 11.0. The molecule has 0 bridgehead atoms. The van der Waals surface area contributed by atoms with E-state index in [0.29, 0.717) is 29.7 Å². The van der Waals surface area contributed by atoms with Crippen LogP contribution in [0, 0.1) is 0 Å². The van der Waals surface area contributed by atoms with Gasteiger partial charge in [0.05, 0.1) is 17.2 Å². The summed E-state index contributed by atoms with van der Waals surface area (Å²) in [6.45, 7) is 2.31. The van der Waals surface area contributed by atoms with Crippen molar-refractivity contribution in [3.05, 3.63) is 28.2 Å². The Morgan fingerprint density at radius 2 is 2.22 bits per heavy atom. The molecule has 1 aromatic carbocycles. The Kier molecular flexibility index (Phi) is 6.15. The fraction of sp³-hybridized carbons (Fsp3) is 0.462. The molecule has 0 aliphatic carbocycles. The summed E-state index contributed by atoms with van der Waals surface area (Å²) in [6, 6.07) is 4.90. The van der Waals surface area contributed by atoms with Crippen LogP contribution in [-0.2, 0) is 0 Å². The predicted molar refractivity (Wildman–Crippen MR) is 72.1 cm³/mol. The molecule has 100 valence electrons. The average Bonchev–Trinajstić information content (AvgIpc) is 2.35. The number of carbonyl (C=O) groups is 1. The molecular weight excluding hydrogens is 300 g/mol. The normalized spacial score (nSPS) is 12.2. The van der Waals surface area contributed by atoms with E-state index < -0.39 is 5.97 Å². The molecule has 1 aromatic rings. The fourth-order valence-electron chi connectivity index (χ4n) is 1.52. The molecule has 18 heavy (non-hydrogen) atoms. The van der Waals surface area contributed by atoms with Gasteiger partial charge in [-0.2, -0.15) is 0 Å². The van der Waals surface area contributed by atoms with Crippen LogP contribution < -0.4 is 4.74 Å². The van der Waals surface area contributed by atoms with Gasteiger partial charge in [0.1, 0.15) is 11.3 Å². The van der Waals surface area contributed by atoms with Crippen LogP contribution in [0.2, 0.25) is 0 Å². The van der Waals surface area contributed by atoms with Crippen LogP contribution in [0.25, 0.3) is 0 Å². The molecular formula is C13H17BrO4. The average molecular weight is 317 g/mol. The fourth-order valence-corrected chi connectivity index (χ4v) is 2.00. The number of halogens is 1. The molecule has 0 aliphatic rings. The maximum Gasteiger partial charge on any atom is 0.339 e. The molecule has 0 radical (unpaired) electrons. The zero-order valence-corrected chi connectivity index (χ0v) is 11.8. The first-order valence-electron chi connectivity index (χ1n) is 5.89. The van der Waals surface area contributed by atoms with Crippen molar-refractivity contribution in [1.82, 2.24) is 0 Å². The van der Waals surface area contributed by atoms with Crippen molar-refractivity contribution in [2.75, 3.05) is 6.61 Å². The monoisotopic (exact) mass is 316 g/mol. The van der Waals surface area contributed by atoms with Crippen LogP contribution in [0.1, 0.15) is 36.5 Å². The molecule has 0 fully saturated rings. The summed E-state index contributed by atoms with van der Waals surface area (Å²) in [4.78, 5) is 11.0. The molecule has 0 amide bonds. The third-order valence-electron chi connectivity index (χ3n) is 2.60. The first-order valence-corrected chi connectivity index (χ1v) is 6.68. The van der Waals surface area contributed by atoms with Crippen molar-refractivity contribution in [3.8, 4) is 5.75 Å². The van der Waals surface area contributed by atoms with Gasteiger partial charge >= 0.3 is 5.97 Å². The molecule has 0 aliphatic heterocycles. The highest BCUT2D eigenvalue weighted by atomic mass is 79.9. The van der Waals surface area contributed by atoms with Crippen molar-refractivity contribution < 1.29 is 19.7 Å². The molecule has 5 heteroatoms. The van der Waals surface area contributed by atoms with Gasteiger partial charge in [-0.25, -0.2) is 4.79 Å². The summed E-state index contributed by atoms with van der Waals surface area (Å²) < 4.78 is 6.11. The van der Waals surface area contributed by atoms with E-state index in [1.165, 1.54) is 6.07 Å². The van der Waals surface area contributed by atoms with Gasteiger partial charge in [-0.15, -0.1) is 0 Å². The van der Waals surface area contributed by atoms with Crippen molar-refractivity contribution in [3.63, 3.8) is 0 Å². The second-order valence-electron chi connectivity index (χ2n) is 3.97. The standard InChI is InChI=1S/C13H17BrO4/c1-2-9(15)5-4-8-18-12-10(13(16)17)6-3-7-11(12)14/h3,6-7,9,15H,2,4-5,8H2,1H3,(H,16,17). The number of hydrogen-bond acceptors (Lipinski definition) is 3. The molecule has 2 N–H and O–H groups in total. The Labute approximate surface area is 115 Å². The summed E-state index contributed by atoms with van der Waals surface area (Å²) in [7, 11) is 0. The first kappa shape index (κ1) is 15.0. The largest absolute Gasteiger partial charge is 0.491 e. The Bertz CT molecular complexity index is 406. The van der Waals surface area contributed by atoms with E-state index in [-0.39, 0.29) is 11.7 Å². The number of carboxylic acids is 1. The lowest BCUT2D eigenvalue weighted by molar-refractivity contribution is 0.0691. The number of ether oxygens (including phenoxy) is 1. The van der Waals surface area contributed by atoms with Gasteiger partial charge in [0, 0.05) is 0 Å². The zero-order valence-electron chi connectivity index (χ0n) is 10.2. The summed E-state index contributed by atoms with van der Waals surface area (Å²) in [5.41, 5.74) is 0.139. The topological polar surface area (TPSA) is 66.8 Å². The Morgan fingerprint density at radius 3 is 2.83 bits per heavy atom. The minimum absolute atomic E-state index is 0.139. The van der Waals surface area contributed by atoms with E-state index >= 15 is 0 Å². The van der Waals surface area contributed by atoms with Gasteiger partial charge < -0.3 is 14.9 Å². The molecule has 1 rings (SSSR count). The molecule has 1 unspecified atom stereocenters. The van der Waals surface area contributed by atoms with Gasteiger partial charge in [0.25, 0.3) is 0 Å². The highest BCUT2D eigenvalue weighted by Gasteiger charge is 2.14. The van der Waals surface area contributed by atoms with Crippen molar-refractivity contribution in [2.45, 2.75) is 32.3 Å². The quantitative estimate of drug-likeness (QED) is 0.759. The number of aliphatic hydroxyl groups is 1. The molecule has 0 heterocycles. The summed E-state index contributed by atoms with van der Waals surface area (Å²) in [5.74, 6) is -0.670. The lowest BCUT2D eigenvalue weighted by Crippen LogP contribution is -2.09. The van der Waals surface area contributed by atoms with Crippen LogP contribution in [-0.4, -0.2) is 28.9 Å². The molecule has 1 atom stereocenters. The minimum Gasteiger partial charge on any atom is -0.491 e. The second-order valence-corrected chi connectivity index (χ2v) is 4.83. The Hall–Kier alpha value is -1.07. The van der Waals surface area contributed by atoms with Gasteiger partial charge in [-0.3, -0.25) is 0 Å². The Morgan fingerprint density at radius 1 is 1.50 bits per heavy atom. The predicted octanol–water partition coefficient (Wildman–Crippen LogP) is 3.08. The van der Waals surface area contributed by atoms with Gasteiger partial charge in [-0.1, -0.05) is 13.0 Å². The third-order valence-corrected chi connectivity index (χ3v) is 3.22. The number of aliphatic hydroxyl groups excluding tert-OH is 1. The van der Waals surface area contributed by atoms with Crippen molar-refractivity contribution >= 4 is 21.9 Å². The van der Waals surface area contributed by atoms with E-state index in [2.05, 4.69) is 15.9 Å². The molecule has 0 aromatic heterocycles. The molecule has 0 spiro atoms. The number of carboxylic acid groups (broad SMARTS) is 1. The molecule has 0 saturated heterocycles. The van der Waals surface area contributed by atoms with Gasteiger partial charge in [-0.05, 0) is 47.3 Å². The SMILES string of the molecule is CCC(O)CCCOc1c(Br)cccc1C(=O)O. The first-order chi connectivity index (χ1) is 8.56. The second kappa shape index (κ2) is 7.38. The summed E-state index contributed by atoms with van der Waals surface area (Å²) in [5, 5.41) is 18.4. The highest BCUT2D eigenvalue weighted by Crippen LogP contribution is 2.29. The van der Waals surface area contributed by atoms with Crippen LogP contribution >= 0.6 is 15.9 Å². The summed E-state index contributed by atoms with van der Waals surface area (Å²) in [6.07, 6.45) is 1.75. The van der Waals surface area contributed by atoms with Gasteiger partial charge in [0.15, 0.2) is 0 Å². The number of hydrogen-bond donors (Lipinski definition) is 2. The highest BCUT2D eigenvalue weighted by molar-refractivity contribution is 9.10. The van der Waals surface area contributed by atoms with Crippen molar-refractivity contribution in [1.29, 1.82) is 0 Å². The molecule has 0 saturated carbocycles. The maximum absolute atomic E-state index is 11.0. The number of aromatic carboxylic acids is 1. The lowest BCUT2D eigenvalue weighted by Gasteiger charge is -2.12. The minimum atomic E-state index is -1.01. The van der Waals surface area contributed by atoms with E-state index in [1.807, 2.05) is 6.92 Å². The van der Waals surface area contributed by atoms with Crippen LogP contribution in [0.4, 0.5) is 0 Å². The van der Waals surface area contributed by atoms with Gasteiger partial charge in [0.2, 0.25) is 0 Å².